The molecule has 0 saturated heterocycles. The molecule has 0 fully saturated rings. The normalized spacial score (nSPS) is 12.1. The van der Waals surface area contributed by atoms with Crippen LogP contribution in [0.5, 0.6) is 0 Å². The Kier molecular flexibility index (Phi) is 4.92. The number of halogens is 4. The molecule has 0 aliphatic rings. The molecule has 0 aliphatic heterocycles. The Morgan fingerprint density at radius 3 is 2.40 bits per heavy atom. The van der Waals surface area contributed by atoms with E-state index < -0.39 is 14.7 Å². The van der Waals surface area contributed by atoms with Gasteiger partial charge in [-0.05, 0) is 34.1 Å². The van der Waals surface area contributed by atoms with Gasteiger partial charge in [-0.3, -0.25) is 0 Å². The average molecular weight is 397 g/mol. The van der Waals surface area contributed by atoms with E-state index in [0.717, 1.165) is 0 Å². The second-order valence-corrected chi connectivity index (χ2v) is 7.80. The van der Waals surface area contributed by atoms with Crippen LogP contribution in [0.25, 0.3) is 0 Å². The number of hydrogen-bond donors (Lipinski definition) is 0. The summed E-state index contributed by atoms with van der Waals surface area (Å²) in [6, 6.07) is 4.89. The lowest BCUT2D eigenvalue weighted by Crippen LogP contribution is -2.12. The second-order valence-electron chi connectivity index (χ2n) is 2.75. The zero-order valence-corrected chi connectivity index (χ0v) is 12.8. The van der Waals surface area contributed by atoms with Gasteiger partial charge in [-0.15, -0.1) is 23.2 Å². The standard InChI is InChI=1S/C8H6Br2Cl2O2S/c9-5-1-2-6(10)7(3-5)15(13,14)4-8(11)12/h1-3,8H,4H2. The first-order valence-corrected chi connectivity index (χ1v) is 7.90. The van der Waals surface area contributed by atoms with Gasteiger partial charge in [0.2, 0.25) is 0 Å². The minimum Gasteiger partial charge on any atom is -0.224 e. The topological polar surface area (TPSA) is 34.1 Å². The summed E-state index contributed by atoms with van der Waals surface area (Å²) in [5, 5.41) is 0. The van der Waals surface area contributed by atoms with E-state index >= 15 is 0 Å². The Morgan fingerprint density at radius 1 is 1.27 bits per heavy atom. The van der Waals surface area contributed by atoms with Crippen molar-refractivity contribution in [1.29, 1.82) is 0 Å². The summed E-state index contributed by atoms with van der Waals surface area (Å²) in [7, 11) is -3.45. The maximum absolute atomic E-state index is 11.8. The van der Waals surface area contributed by atoms with Gasteiger partial charge in [-0.2, -0.15) is 0 Å². The van der Waals surface area contributed by atoms with Crippen molar-refractivity contribution in [1.82, 2.24) is 0 Å². The Morgan fingerprint density at radius 2 is 1.87 bits per heavy atom. The molecule has 15 heavy (non-hydrogen) atoms. The predicted octanol–water partition coefficient (Wildman–Crippen LogP) is 3.79. The molecule has 0 N–H and O–H groups in total. The molecule has 0 spiro atoms. The van der Waals surface area contributed by atoms with E-state index in [1.807, 2.05) is 0 Å². The lowest BCUT2D eigenvalue weighted by Gasteiger charge is -2.07. The van der Waals surface area contributed by atoms with Crippen molar-refractivity contribution in [2.45, 2.75) is 9.73 Å². The van der Waals surface area contributed by atoms with Gasteiger partial charge in [0.25, 0.3) is 0 Å². The smallest absolute Gasteiger partial charge is 0.182 e. The summed E-state index contributed by atoms with van der Waals surface area (Å²) < 4.78 is 24.8. The van der Waals surface area contributed by atoms with Crippen LogP contribution in [0.1, 0.15) is 0 Å². The van der Waals surface area contributed by atoms with Crippen LogP contribution in [0.4, 0.5) is 0 Å². The fraction of sp³-hybridized carbons (Fsp3) is 0.250. The number of hydrogen-bond acceptors (Lipinski definition) is 2. The summed E-state index contributed by atoms with van der Waals surface area (Å²) in [6.07, 6.45) is 0. The van der Waals surface area contributed by atoms with Gasteiger partial charge < -0.3 is 0 Å². The minimum atomic E-state index is -3.45. The molecule has 0 atom stereocenters. The third-order valence-electron chi connectivity index (χ3n) is 1.57. The van der Waals surface area contributed by atoms with Crippen molar-refractivity contribution in [3.8, 4) is 0 Å². The van der Waals surface area contributed by atoms with Crippen LogP contribution in [-0.2, 0) is 9.84 Å². The zero-order chi connectivity index (χ0) is 11.6. The Balaban J connectivity index is 3.21. The number of sulfone groups is 1. The monoisotopic (exact) mass is 394 g/mol. The van der Waals surface area contributed by atoms with E-state index in [-0.39, 0.29) is 10.6 Å². The van der Waals surface area contributed by atoms with Gasteiger partial charge >= 0.3 is 0 Å². The van der Waals surface area contributed by atoms with Crippen LogP contribution in [-0.4, -0.2) is 19.0 Å². The highest BCUT2D eigenvalue weighted by Gasteiger charge is 2.21. The summed E-state index contributed by atoms with van der Waals surface area (Å²) in [5.74, 6) is -0.300. The Bertz CT molecular complexity index is 460. The fourth-order valence-electron chi connectivity index (χ4n) is 0.971. The second kappa shape index (κ2) is 5.36. The van der Waals surface area contributed by atoms with Crippen LogP contribution in [0, 0.1) is 0 Å². The quantitative estimate of drug-likeness (QED) is 0.728. The zero-order valence-electron chi connectivity index (χ0n) is 7.25. The van der Waals surface area contributed by atoms with Crippen LogP contribution in [0.2, 0.25) is 0 Å². The van der Waals surface area contributed by atoms with Gasteiger partial charge in [-0.25, -0.2) is 8.42 Å². The lowest BCUT2D eigenvalue weighted by molar-refractivity contribution is 0.596. The summed E-state index contributed by atoms with van der Waals surface area (Å²) in [6.45, 7) is 0. The van der Waals surface area contributed by atoms with E-state index in [1.54, 1.807) is 12.1 Å². The molecule has 0 aliphatic carbocycles. The van der Waals surface area contributed by atoms with Crippen LogP contribution >= 0.6 is 55.1 Å². The van der Waals surface area contributed by atoms with E-state index in [9.17, 15) is 8.42 Å². The van der Waals surface area contributed by atoms with Crippen LogP contribution in [0.3, 0.4) is 0 Å². The fourth-order valence-corrected chi connectivity index (χ4v) is 4.65. The van der Waals surface area contributed by atoms with Crippen molar-refractivity contribution in [2.75, 3.05) is 5.75 Å². The highest BCUT2D eigenvalue weighted by atomic mass is 79.9. The third kappa shape index (κ3) is 3.89. The highest BCUT2D eigenvalue weighted by Crippen LogP contribution is 2.27. The minimum absolute atomic E-state index is 0.183. The number of benzene rings is 1. The molecule has 0 unspecified atom stereocenters. The molecule has 1 rings (SSSR count). The van der Waals surface area contributed by atoms with Crippen molar-refractivity contribution in [2.24, 2.45) is 0 Å². The van der Waals surface area contributed by atoms with E-state index in [2.05, 4.69) is 31.9 Å². The van der Waals surface area contributed by atoms with Crippen LogP contribution < -0.4 is 0 Å². The van der Waals surface area contributed by atoms with E-state index in [1.165, 1.54) is 6.07 Å². The molecular weight excluding hydrogens is 391 g/mol. The van der Waals surface area contributed by atoms with Gasteiger partial charge in [0.15, 0.2) is 9.84 Å². The molecule has 0 amide bonds. The van der Waals surface area contributed by atoms with E-state index in [0.29, 0.717) is 8.95 Å². The Labute approximate surface area is 115 Å². The molecule has 7 heteroatoms. The highest BCUT2D eigenvalue weighted by molar-refractivity contribution is 9.11. The van der Waals surface area contributed by atoms with E-state index in [4.69, 9.17) is 23.2 Å². The summed E-state index contributed by atoms with van der Waals surface area (Å²) in [4.78, 5) is -0.746. The van der Waals surface area contributed by atoms with Gasteiger partial charge in [-0.1, -0.05) is 15.9 Å². The molecule has 0 heterocycles. The number of rotatable bonds is 3. The summed E-state index contributed by atoms with van der Waals surface area (Å²) >= 11 is 17.3. The van der Waals surface area contributed by atoms with Crippen molar-refractivity contribution >= 4 is 64.9 Å². The molecule has 1 aromatic carbocycles. The van der Waals surface area contributed by atoms with Crippen molar-refractivity contribution < 1.29 is 8.42 Å². The van der Waals surface area contributed by atoms with Gasteiger partial charge in [0.05, 0.1) is 10.6 Å². The lowest BCUT2D eigenvalue weighted by atomic mass is 10.4. The summed E-state index contributed by atoms with van der Waals surface area (Å²) in [5.41, 5.74) is 0. The molecule has 0 bridgehead atoms. The maximum Gasteiger partial charge on any atom is 0.182 e. The average Bonchev–Trinajstić information content (AvgIpc) is 2.06. The molecule has 84 valence electrons. The van der Waals surface area contributed by atoms with Crippen LogP contribution in [0.15, 0.2) is 32.0 Å². The maximum atomic E-state index is 11.8. The van der Waals surface area contributed by atoms with Crippen molar-refractivity contribution in [3.63, 3.8) is 0 Å². The molecule has 0 saturated carbocycles. The first-order valence-electron chi connectivity index (χ1n) is 3.79. The molecule has 0 radical (unpaired) electrons. The molecular formula is C8H6Br2Cl2O2S. The third-order valence-corrected chi connectivity index (χ3v) is 5.48. The SMILES string of the molecule is O=S(=O)(CC(Cl)Cl)c1cc(Br)ccc1Br. The predicted molar refractivity (Wildman–Crippen MR) is 69.4 cm³/mol. The molecule has 1 aromatic rings. The number of alkyl halides is 2. The van der Waals surface area contributed by atoms with Gasteiger partial charge in [0, 0.05) is 8.95 Å². The first-order chi connectivity index (χ1) is 6.83. The Hall–Kier alpha value is 0.710. The van der Waals surface area contributed by atoms with Crippen molar-refractivity contribution in [3.05, 3.63) is 27.1 Å². The molecule has 0 aromatic heterocycles. The largest absolute Gasteiger partial charge is 0.224 e. The molecule has 2 nitrogen and oxygen atoms in total. The van der Waals surface area contributed by atoms with Gasteiger partial charge in [0.1, 0.15) is 4.84 Å². The first kappa shape index (κ1) is 13.8.